The van der Waals surface area contributed by atoms with E-state index in [1.807, 2.05) is 13.8 Å². The Morgan fingerprint density at radius 1 is 1.27 bits per heavy atom. The number of hydrogen-bond donors (Lipinski definition) is 2. The number of rotatable bonds is 5. The van der Waals surface area contributed by atoms with Crippen LogP contribution in [-0.4, -0.2) is 45.9 Å². The molecule has 0 bridgehead atoms. The van der Waals surface area contributed by atoms with Crippen molar-refractivity contribution >= 4 is 0 Å². The van der Waals surface area contributed by atoms with E-state index >= 15 is 0 Å². The summed E-state index contributed by atoms with van der Waals surface area (Å²) >= 11 is 0. The lowest BCUT2D eigenvalue weighted by molar-refractivity contribution is -0.137. The molecule has 0 amide bonds. The van der Waals surface area contributed by atoms with Gasteiger partial charge in [0.25, 0.3) is 0 Å². The number of aliphatic hydroxyl groups is 2. The SMILES string of the molecule is CCC(O)(CC)CN1CC(O)(C2CC2)C1. The van der Waals surface area contributed by atoms with Gasteiger partial charge < -0.3 is 10.2 Å². The van der Waals surface area contributed by atoms with Crippen molar-refractivity contribution in [2.45, 2.75) is 50.7 Å². The molecule has 0 atom stereocenters. The van der Waals surface area contributed by atoms with Gasteiger partial charge in [-0.3, -0.25) is 4.90 Å². The van der Waals surface area contributed by atoms with Crippen LogP contribution in [0.2, 0.25) is 0 Å². The number of hydrogen-bond acceptors (Lipinski definition) is 3. The maximum atomic E-state index is 10.2. The predicted molar refractivity (Wildman–Crippen MR) is 59.6 cm³/mol. The Kier molecular flexibility index (Phi) is 2.82. The molecule has 3 nitrogen and oxygen atoms in total. The second-order valence-electron chi connectivity index (χ2n) is 5.45. The second-order valence-corrected chi connectivity index (χ2v) is 5.45. The Balaban J connectivity index is 1.79. The first-order valence-electron chi connectivity index (χ1n) is 6.18. The molecule has 0 aromatic rings. The average molecular weight is 213 g/mol. The minimum atomic E-state index is -0.551. The van der Waals surface area contributed by atoms with Crippen LogP contribution in [0.4, 0.5) is 0 Å². The molecule has 1 saturated carbocycles. The number of likely N-dealkylation sites (tertiary alicyclic amines) is 1. The van der Waals surface area contributed by atoms with Gasteiger partial charge in [-0.05, 0) is 31.6 Å². The zero-order valence-corrected chi connectivity index (χ0v) is 9.87. The summed E-state index contributed by atoms with van der Waals surface area (Å²) in [6.45, 7) is 6.29. The molecule has 2 fully saturated rings. The van der Waals surface area contributed by atoms with Crippen molar-refractivity contribution in [1.29, 1.82) is 0 Å². The molecule has 2 N–H and O–H groups in total. The van der Waals surface area contributed by atoms with Gasteiger partial charge in [0.05, 0.1) is 11.2 Å². The van der Waals surface area contributed by atoms with Crippen molar-refractivity contribution in [3.05, 3.63) is 0 Å². The fraction of sp³-hybridized carbons (Fsp3) is 1.00. The van der Waals surface area contributed by atoms with Crippen LogP contribution in [0.1, 0.15) is 39.5 Å². The number of β-amino-alcohol motifs (C(OH)–C–C–N with tert-alkyl or cyclic N) is 2. The van der Waals surface area contributed by atoms with Gasteiger partial charge in [-0.15, -0.1) is 0 Å². The normalized spacial score (nSPS) is 26.4. The monoisotopic (exact) mass is 213 g/mol. The average Bonchev–Trinajstić information content (AvgIpc) is 2.98. The smallest absolute Gasteiger partial charge is 0.0928 e. The molecule has 0 aromatic carbocycles. The highest BCUT2D eigenvalue weighted by atomic mass is 16.3. The molecule has 1 heterocycles. The molecule has 1 saturated heterocycles. The molecule has 2 aliphatic rings. The van der Waals surface area contributed by atoms with Gasteiger partial charge in [-0.1, -0.05) is 13.8 Å². The Bertz CT molecular complexity index is 228. The van der Waals surface area contributed by atoms with Crippen molar-refractivity contribution in [1.82, 2.24) is 4.90 Å². The largest absolute Gasteiger partial charge is 0.389 e. The molecule has 0 unspecified atom stereocenters. The van der Waals surface area contributed by atoms with Crippen molar-refractivity contribution in [2.24, 2.45) is 5.92 Å². The van der Waals surface area contributed by atoms with E-state index in [4.69, 9.17) is 0 Å². The fourth-order valence-electron chi connectivity index (χ4n) is 2.61. The number of nitrogens with zero attached hydrogens (tertiary/aromatic N) is 1. The van der Waals surface area contributed by atoms with E-state index in [9.17, 15) is 10.2 Å². The van der Waals surface area contributed by atoms with Gasteiger partial charge in [0, 0.05) is 19.6 Å². The highest BCUT2D eigenvalue weighted by molar-refractivity contribution is 5.06. The summed E-state index contributed by atoms with van der Waals surface area (Å²) in [5.74, 6) is 0.546. The van der Waals surface area contributed by atoms with E-state index in [0.717, 1.165) is 32.5 Å². The first-order valence-corrected chi connectivity index (χ1v) is 6.18. The van der Waals surface area contributed by atoms with Crippen LogP contribution in [0.3, 0.4) is 0 Å². The van der Waals surface area contributed by atoms with E-state index < -0.39 is 11.2 Å². The molecule has 88 valence electrons. The molecular weight excluding hydrogens is 190 g/mol. The van der Waals surface area contributed by atoms with E-state index in [2.05, 4.69) is 4.90 Å². The summed E-state index contributed by atoms with van der Waals surface area (Å²) in [5.41, 5.74) is -0.965. The minimum absolute atomic E-state index is 0.414. The van der Waals surface area contributed by atoms with E-state index in [1.54, 1.807) is 0 Å². The predicted octanol–water partition coefficient (Wildman–Crippen LogP) is 0.994. The molecule has 1 aliphatic heterocycles. The lowest BCUT2D eigenvalue weighted by Gasteiger charge is -2.49. The van der Waals surface area contributed by atoms with Crippen molar-refractivity contribution in [3.63, 3.8) is 0 Å². The third-order valence-electron chi connectivity index (χ3n) is 4.17. The Morgan fingerprint density at radius 2 is 1.80 bits per heavy atom. The third kappa shape index (κ3) is 2.19. The van der Waals surface area contributed by atoms with Crippen molar-refractivity contribution < 1.29 is 10.2 Å². The van der Waals surface area contributed by atoms with Gasteiger partial charge >= 0.3 is 0 Å². The van der Waals surface area contributed by atoms with Crippen LogP contribution in [-0.2, 0) is 0 Å². The summed E-state index contributed by atoms with van der Waals surface area (Å²) in [4.78, 5) is 2.19. The lowest BCUT2D eigenvalue weighted by Crippen LogP contribution is -2.65. The van der Waals surface area contributed by atoms with E-state index in [-0.39, 0.29) is 0 Å². The highest BCUT2D eigenvalue weighted by Gasteiger charge is 2.52. The fourth-order valence-corrected chi connectivity index (χ4v) is 2.61. The maximum absolute atomic E-state index is 10.2. The van der Waals surface area contributed by atoms with Crippen LogP contribution in [0.5, 0.6) is 0 Å². The Hall–Kier alpha value is -0.120. The Morgan fingerprint density at radius 3 is 2.20 bits per heavy atom. The first-order chi connectivity index (χ1) is 7.01. The van der Waals surface area contributed by atoms with Gasteiger partial charge in [0.1, 0.15) is 0 Å². The molecule has 15 heavy (non-hydrogen) atoms. The van der Waals surface area contributed by atoms with Crippen LogP contribution in [0.25, 0.3) is 0 Å². The zero-order chi connectivity index (χ0) is 11.1. The first kappa shape index (κ1) is 11.4. The van der Waals surface area contributed by atoms with Crippen LogP contribution in [0.15, 0.2) is 0 Å². The standard InChI is InChI=1S/C12H23NO2/c1-3-11(14,4-2)7-13-8-12(15,9-13)10-5-6-10/h10,14-15H,3-9H2,1-2H3. The molecule has 0 spiro atoms. The minimum Gasteiger partial charge on any atom is -0.389 e. The highest BCUT2D eigenvalue weighted by Crippen LogP contribution is 2.44. The molecular formula is C12H23NO2. The molecule has 1 aliphatic carbocycles. The van der Waals surface area contributed by atoms with E-state index in [0.29, 0.717) is 5.92 Å². The van der Waals surface area contributed by atoms with Crippen LogP contribution < -0.4 is 0 Å². The summed E-state index contributed by atoms with van der Waals surface area (Å²) in [7, 11) is 0. The van der Waals surface area contributed by atoms with Crippen LogP contribution >= 0.6 is 0 Å². The topological polar surface area (TPSA) is 43.7 Å². The van der Waals surface area contributed by atoms with Crippen LogP contribution in [0, 0.1) is 5.92 Å². The molecule has 3 heteroatoms. The summed E-state index contributed by atoms with van der Waals surface area (Å²) in [6.07, 6.45) is 3.97. The van der Waals surface area contributed by atoms with Gasteiger partial charge in [0.2, 0.25) is 0 Å². The second kappa shape index (κ2) is 3.72. The zero-order valence-electron chi connectivity index (χ0n) is 9.87. The quantitative estimate of drug-likeness (QED) is 0.716. The summed E-state index contributed by atoms with van der Waals surface area (Å²) in [6, 6.07) is 0. The molecule has 2 rings (SSSR count). The third-order valence-corrected chi connectivity index (χ3v) is 4.17. The van der Waals surface area contributed by atoms with Crippen molar-refractivity contribution in [3.8, 4) is 0 Å². The molecule has 0 radical (unpaired) electrons. The van der Waals surface area contributed by atoms with Gasteiger partial charge in [-0.2, -0.15) is 0 Å². The lowest BCUT2D eigenvalue weighted by atomic mass is 9.86. The summed E-state index contributed by atoms with van der Waals surface area (Å²) in [5, 5.41) is 20.3. The maximum Gasteiger partial charge on any atom is 0.0928 e. The Labute approximate surface area is 92.1 Å². The van der Waals surface area contributed by atoms with Gasteiger partial charge in [-0.25, -0.2) is 0 Å². The summed E-state index contributed by atoms with van der Waals surface area (Å²) < 4.78 is 0. The van der Waals surface area contributed by atoms with Gasteiger partial charge in [0.15, 0.2) is 0 Å². The van der Waals surface area contributed by atoms with E-state index in [1.165, 1.54) is 12.8 Å². The van der Waals surface area contributed by atoms with Crippen molar-refractivity contribution in [2.75, 3.05) is 19.6 Å². The molecule has 0 aromatic heterocycles.